The molecule has 3 rings (SSSR count). The number of halogens is 2. The van der Waals surface area contributed by atoms with Crippen molar-refractivity contribution in [1.29, 1.82) is 5.26 Å². The first-order valence-corrected chi connectivity index (χ1v) is 8.76. The first kappa shape index (κ1) is 18.5. The molecule has 0 aliphatic carbocycles. The summed E-state index contributed by atoms with van der Waals surface area (Å²) in [7, 11) is 0. The van der Waals surface area contributed by atoms with Crippen molar-refractivity contribution in [2.45, 2.75) is 0 Å². The van der Waals surface area contributed by atoms with Crippen LogP contribution in [0.15, 0.2) is 54.0 Å². The molecular weight excluding hydrogens is 391 g/mol. The van der Waals surface area contributed by atoms with E-state index in [-0.39, 0.29) is 11.3 Å². The topological polar surface area (TPSA) is 91.8 Å². The molecule has 1 heterocycles. The Morgan fingerprint density at radius 3 is 2.74 bits per heavy atom. The Labute approximate surface area is 162 Å². The van der Waals surface area contributed by atoms with Crippen LogP contribution < -0.4 is 5.32 Å². The molecule has 0 saturated heterocycles. The van der Waals surface area contributed by atoms with Crippen molar-refractivity contribution < 1.29 is 9.31 Å². The molecule has 3 aromatic rings. The van der Waals surface area contributed by atoms with E-state index in [0.717, 1.165) is 17.7 Å². The molecule has 6 nitrogen and oxygen atoms in total. The average Bonchev–Trinajstić information content (AvgIpc) is 3.13. The first-order valence-electron chi connectivity index (χ1n) is 7.50. The standard InChI is InChI=1S/C18H10ClFN4O2S/c19-13-3-1-11(2-4-13)16-10-27-18(23-16)12(8-21)9-22-15-6-5-14(20)7-17(15)24(25)26/h1-7,9-10,22H/b12-9+. The van der Waals surface area contributed by atoms with Crippen LogP contribution in [0.25, 0.3) is 16.8 Å². The predicted octanol–water partition coefficient (Wildman–Crippen LogP) is 5.49. The highest BCUT2D eigenvalue weighted by Crippen LogP contribution is 2.28. The summed E-state index contributed by atoms with van der Waals surface area (Å²) in [4.78, 5) is 14.8. The summed E-state index contributed by atoms with van der Waals surface area (Å²) in [5, 5.41) is 26.0. The zero-order valence-corrected chi connectivity index (χ0v) is 15.1. The molecular formula is C18H10ClFN4O2S. The third-order valence-corrected chi connectivity index (χ3v) is 4.65. The van der Waals surface area contributed by atoms with Crippen LogP contribution in [0.2, 0.25) is 5.02 Å². The van der Waals surface area contributed by atoms with Gasteiger partial charge in [0, 0.05) is 22.2 Å². The number of anilines is 1. The van der Waals surface area contributed by atoms with Crippen molar-refractivity contribution in [1.82, 2.24) is 4.98 Å². The smallest absolute Gasteiger partial charge is 0.295 e. The van der Waals surface area contributed by atoms with E-state index in [2.05, 4.69) is 10.3 Å². The first-order chi connectivity index (χ1) is 13.0. The number of thiazole rings is 1. The van der Waals surface area contributed by atoms with Crippen LogP contribution >= 0.6 is 22.9 Å². The lowest BCUT2D eigenvalue weighted by molar-refractivity contribution is -0.384. The minimum atomic E-state index is -0.718. The third kappa shape index (κ3) is 4.28. The molecule has 134 valence electrons. The third-order valence-electron chi connectivity index (χ3n) is 3.52. The number of hydrogen-bond acceptors (Lipinski definition) is 6. The second-order valence-electron chi connectivity index (χ2n) is 5.28. The molecule has 27 heavy (non-hydrogen) atoms. The van der Waals surface area contributed by atoms with Gasteiger partial charge < -0.3 is 5.32 Å². The molecule has 0 aliphatic rings. The maximum atomic E-state index is 13.2. The molecule has 0 amide bonds. The molecule has 0 saturated carbocycles. The fourth-order valence-electron chi connectivity index (χ4n) is 2.22. The van der Waals surface area contributed by atoms with E-state index in [0.29, 0.717) is 15.7 Å². The zero-order chi connectivity index (χ0) is 19.4. The summed E-state index contributed by atoms with van der Waals surface area (Å²) in [5.74, 6) is -0.718. The molecule has 0 bridgehead atoms. The number of nitrogens with zero attached hydrogens (tertiary/aromatic N) is 3. The van der Waals surface area contributed by atoms with Crippen LogP contribution in [-0.4, -0.2) is 9.91 Å². The second-order valence-corrected chi connectivity index (χ2v) is 6.57. The normalized spacial score (nSPS) is 11.1. The lowest BCUT2D eigenvalue weighted by Gasteiger charge is -2.03. The van der Waals surface area contributed by atoms with Gasteiger partial charge in [-0.25, -0.2) is 9.37 Å². The largest absolute Gasteiger partial charge is 0.355 e. The van der Waals surface area contributed by atoms with E-state index in [9.17, 15) is 19.8 Å². The molecule has 2 aromatic carbocycles. The quantitative estimate of drug-likeness (QED) is 0.347. The molecule has 0 atom stereocenters. The van der Waals surface area contributed by atoms with Crippen molar-refractivity contribution >= 4 is 39.9 Å². The van der Waals surface area contributed by atoms with E-state index in [1.54, 1.807) is 17.5 Å². The van der Waals surface area contributed by atoms with Crippen LogP contribution in [0.4, 0.5) is 15.8 Å². The van der Waals surface area contributed by atoms with Gasteiger partial charge in [-0.1, -0.05) is 23.7 Å². The van der Waals surface area contributed by atoms with E-state index >= 15 is 0 Å². The molecule has 9 heteroatoms. The van der Waals surface area contributed by atoms with Crippen molar-refractivity contribution in [3.63, 3.8) is 0 Å². The van der Waals surface area contributed by atoms with Gasteiger partial charge in [0.15, 0.2) is 0 Å². The van der Waals surface area contributed by atoms with E-state index in [1.807, 2.05) is 18.2 Å². The van der Waals surface area contributed by atoms with E-state index < -0.39 is 16.4 Å². The monoisotopic (exact) mass is 400 g/mol. The number of benzene rings is 2. The molecule has 0 fully saturated rings. The van der Waals surface area contributed by atoms with Crippen LogP contribution in [0.5, 0.6) is 0 Å². The van der Waals surface area contributed by atoms with E-state index in [1.165, 1.54) is 23.6 Å². The van der Waals surface area contributed by atoms with Gasteiger partial charge >= 0.3 is 0 Å². The molecule has 0 radical (unpaired) electrons. The average molecular weight is 401 g/mol. The number of nitrogens with one attached hydrogen (secondary N) is 1. The highest BCUT2D eigenvalue weighted by molar-refractivity contribution is 7.11. The summed E-state index contributed by atoms with van der Waals surface area (Å²) in [5.41, 5.74) is 1.37. The van der Waals surface area contributed by atoms with Crippen LogP contribution in [-0.2, 0) is 0 Å². The van der Waals surface area contributed by atoms with Crippen LogP contribution in [0.3, 0.4) is 0 Å². The fraction of sp³-hybridized carbons (Fsp3) is 0. The van der Waals surface area contributed by atoms with Gasteiger partial charge in [0.05, 0.1) is 16.7 Å². The molecule has 0 aliphatic heterocycles. The number of hydrogen-bond donors (Lipinski definition) is 1. The summed E-state index contributed by atoms with van der Waals surface area (Å²) in [6, 6.07) is 12.3. The molecule has 0 unspecified atom stereocenters. The Morgan fingerprint density at radius 2 is 2.07 bits per heavy atom. The number of allylic oxidation sites excluding steroid dienone is 1. The summed E-state index contributed by atoms with van der Waals surface area (Å²) < 4.78 is 13.2. The van der Waals surface area contributed by atoms with Gasteiger partial charge in [0.1, 0.15) is 28.2 Å². The number of nitro groups is 1. The minimum absolute atomic E-state index is 0.0728. The highest BCUT2D eigenvalue weighted by Gasteiger charge is 2.15. The maximum absolute atomic E-state index is 13.2. The lowest BCUT2D eigenvalue weighted by Crippen LogP contribution is -1.97. The SMILES string of the molecule is N#C/C(=C\Nc1ccc(F)cc1[N+](=O)[O-])c1nc(-c2ccc(Cl)cc2)cs1. The van der Waals surface area contributed by atoms with Gasteiger partial charge in [0.25, 0.3) is 5.69 Å². The Bertz CT molecular complexity index is 1070. The molecule has 1 aromatic heterocycles. The van der Waals surface area contributed by atoms with Crippen LogP contribution in [0, 0.1) is 27.3 Å². The van der Waals surface area contributed by atoms with Gasteiger partial charge in [-0.15, -0.1) is 11.3 Å². The predicted molar refractivity (Wildman–Crippen MR) is 103 cm³/mol. The Kier molecular flexibility index (Phi) is 5.45. The Morgan fingerprint density at radius 1 is 1.33 bits per heavy atom. The Balaban J connectivity index is 1.87. The number of nitro benzene ring substituents is 1. The van der Waals surface area contributed by atoms with Crippen molar-refractivity contribution in [2.75, 3.05) is 5.32 Å². The van der Waals surface area contributed by atoms with Gasteiger partial charge in [0.2, 0.25) is 0 Å². The fourth-order valence-corrected chi connectivity index (χ4v) is 3.14. The summed E-state index contributed by atoms with van der Waals surface area (Å²) in [6.07, 6.45) is 1.31. The number of aromatic nitrogens is 1. The summed E-state index contributed by atoms with van der Waals surface area (Å²) >= 11 is 7.13. The van der Waals surface area contributed by atoms with Gasteiger partial charge in [-0.2, -0.15) is 5.26 Å². The zero-order valence-electron chi connectivity index (χ0n) is 13.5. The van der Waals surface area contributed by atoms with Gasteiger partial charge in [-0.3, -0.25) is 10.1 Å². The van der Waals surface area contributed by atoms with Crippen LogP contribution in [0.1, 0.15) is 5.01 Å². The van der Waals surface area contributed by atoms with Crippen molar-refractivity contribution in [3.8, 4) is 17.3 Å². The maximum Gasteiger partial charge on any atom is 0.295 e. The minimum Gasteiger partial charge on any atom is -0.355 e. The second kappa shape index (κ2) is 7.95. The lowest BCUT2D eigenvalue weighted by atomic mass is 10.2. The Hall–Kier alpha value is -3.28. The van der Waals surface area contributed by atoms with E-state index in [4.69, 9.17) is 11.6 Å². The molecule has 0 spiro atoms. The number of rotatable bonds is 5. The summed E-state index contributed by atoms with van der Waals surface area (Å²) in [6.45, 7) is 0. The highest BCUT2D eigenvalue weighted by atomic mass is 35.5. The van der Waals surface area contributed by atoms with Crippen molar-refractivity contribution in [2.24, 2.45) is 0 Å². The van der Waals surface area contributed by atoms with Gasteiger partial charge in [-0.05, 0) is 24.3 Å². The van der Waals surface area contributed by atoms with Crippen molar-refractivity contribution in [3.05, 3.63) is 80.0 Å². The number of nitriles is 1. The molecule has 1 N–H and O–H groups in total.